The van der Waals surface area contributed by atoms with Gasteiger partial charge in [0.15, 0.2) is 0 Å². The van der Waals surface area contributed by atoms with E-state index in [1.165, 1.54) is 12.8 Å². The molecule has 0 bridgehead atoms. The molecule has 0 radical (unpaired) electrons. The fourth-order valence-corrected chi connectivity index (χ4v) is 3.51. The van der Waals surface area contributed by atoms with E-state index in [-0.39, 0.29) is 11.8 Å². The van der Waals surface area contributed by atoms with Crippen LogP contribution in [0.25, 0.3) is 0 Å². The van der Waals surface area contributed by atoms with E-state index in [4.69, 9.17) is 16.3 Å². The quantitative estimate of drug-likeness (QED) is 0.637. The molecule has 2 amide bonds. The summed E-state index contributed by atoms with van der Waals surface area (Å²) < 4.78 is 5.62. The number of amides is 2. The lowest BCUT2D eigenvalue weighted by atomic mass is 10.1. The molecular weight excluding hydrogens is 388 g/mol. The largest absolute Gasteiger partial charge is 0.494 e. The van der Waals surface area contributed by atoms with Crippen LogP contribution in [-0.4, -0.2) is 36.4 Å². The van der Waals surface area contributed by atoms with Crippen LogP contribution in [0.1, 0.15) is 48.9 Å². The summed E-state index contributed by atoms with van der Waals surface area (Å²) in [6, 6.07) is 14.4. The Kier molecular flexibility index (Phi) is 7.94. The third-order valence-electron chi connectivity index (χ3n) is 4.96. The van der Waals surface area contributed by atoms with Crippen LogP contribution >= 0.6 is 11.6 Å². The van der Waals surface area contributed by atoms with Crippen molar-refractivity contribution in [2.45, 2.75) is 38.5 Å². The number of hydrogen-bond acceptors (Lipinski definition) is 3. The maximum Gasteiger partial charge on any atom is 0.255 e. The summed E-state index contributed by atoms with van der Waals surface area (Å²) in [6.45, 7) is 2.00. The summed E-state index contributed by atoms with van der Waals surface area (Å²) >= 11 is 5.85. The highest BCUT2D eigenvalue weighted by Crippen LogP contribution is 2.20. The van der Waals surface area contributed by atoms with Crippen molar-refractivity contribution in [2.75, 3.05) is 25.0 Å². The van der Waals surface area contributed by atoms with Crippen molar-refractivity contribution in [1.82, 2.24) is 4.90 Å². The molecule has 0 aromatic heterocycles. The minimum Gasteiger partial charge on any atom is -0.494 e. The lowest BCUT2D eigenvalue weighted by molar-refractivity contribution is -0.116. The molecule has 1 heterocycles. The molecule has 0 aliphatic carbocycles. The van der Waals surface area contributed by atoms with Crippen molar-refractivity contribution in [3.63, 3.8) is 0 Å². The highest BCUT2D eigenvalue weighted by atomic mass is 35.5. The zero-order valence-corrected chi connectivity index (χ0v) is 17.3. The average molecular weight is 415 g/mol. The van der Waals surface area contributed by atoms with Crippen molar-refractivity contribution in [3.8, 4) is 5.75 Å². The zero-order valence-electron chi connectivity index (χ0n) is 16.5. The number of nitrogens with one attached hydrogen (secondary N) is 1. The molecule has 0 spiro atoms. The van der Waals surface area contributed by atoms with Gasteiger partial charge in [0.1, 0.15) is 5.75 Å². The van der Waals surface area contributed by atoms with E-state index in [1.54, 1.807) is 36.4 Å². The molecule has 2 aromatic carbocycles. The molecule has 2 aromatic rings. The number of benzene rings is 2. The van der Waals surface area contributed by atoms with Crippen molar-refractivity contribution >= 4 is 29.1 Å². The first kappa shape index (κ1) is 21.2. The molecule has 5 nitrogen and oxygen atoms in total. The molecule has 3 rings (SSSR count). The summed E-state index contributed by atoms with van der Waals surface area (Å²) in [6.07, 6.45) is 5.30. The van der Waals surface area contributed by atoms with Gasteiger partial charge in [-0.3, -0.25) is 9.59 Å². The van der Waals surface area contributed by atoms with Gasteiger partial charge in [-0.15, -0.1) is 0 Å². The van der Waals surface area contributed by atoms with Gasteiger partial charge in [-0.25, -0.2) is 0 Å². The molecule has 29 heavy (non-hydrogen) atoms. The van der Waals surface area contributed by atoms with E-state index in [1.807, 2.05) is 17.0 Å². The predicted octanol–water partition coefficient (Wildman–Crippen LogP) is 5.15. The molecule has 0 atom stereocenters. The first-order valence-corrected chi connectivity index (χ1v) is 10.6. The third-order valence-corrected chi connectivity index (χ3v) is 5.21. The van der Waals surface area contributed by atoms with Crippen LogP contribution in [0, 0.1) is 0 Å². The van der Waals surface area contributed by atoms with Crippen molar-refractivity contribution < 1.29 is 14.3 Å². The average Bonchev–Trinajstić information content (AvgIpc) is 3.02. The van der Waals surface area contributed by atoms with Gasteiger partial charge in [0.25, 0.3) is 5.91 Å². The van der Waals surface area contributed by atoms with Gasteiger partial charge < -0.3 is 15.0 Å². The number of likely N-dealkylation sites (tertiary alicyclic amines) is 1. The molecule has 154 valence electrons. The lowest BCUT2D eigenvalue weighted by Crippen LogP contribution is -2.32. The monoisotopic (exact) mass is 414 g/mol. The summed E-state index contributed by atoms with van der Waals surface area (Å²) in [5, 5.41) is 3.55. The van der Waals surface area contributed by atoms with Crippen LogP contribution in [0.15, 0.2) is 48.5 Å². The Hall–Kier alpha value is -2.53. The van der Waals surface area contributed by atoms with Gasteiger partial charge in [0, 0.05) is 24.5 Å². The maximum absolute atomic E-state index is 12.9. The van der Waals surface area contributed by atoms with Crippen molar-refractivity contribution in [1.29, 1.82) is 0 Å². The summed E-state index contributed by atoms with van der Waals surface area (Å²) in [4.78, 5) is 27.2. The van der Waals surface area contributed by atoms with Gasteiger partial charge >= 0.3 is 0 Å². The molecule has 0 saturated carbocycles. The van der Waals surface area contributed by atoms with E-state index < -0.39 is 0 Å². The maximum atomic E-state index is 12.9. The fourth-order valence-electron chi connectivity index (χ4n) is 3.39. The van der Waals surface area contributed by atoms with Gasteiger partial charge in [0.2, 0.25) is 5.91 Å². The standard InChI is InChI=1S/C23H27ClN2O3/c24-18-11-13-19(14-12-18)29-17-7-10-22(27)25-21-9-4-3-8-20(21)23(28)26-15-5-1-2-6-16-26/h3-4,8-9,11-14H,1-2,5-7,10,15-17H2,(H,25,27). The number of para-hydroxylation sites is 1. The number of carbonyl (C=O) groups is 2. The van der Waals surface area contributed by atoms with Gasteiger partial charge in [-0.2, -0.15) is 0 Å². The molecular formula is C23H27ClN2O3. The van der Waals surface area contributed by atoms with E-state index in [0.717, 1.165) is 31.7 Å². The second-order valence-electron chi connectivity index (χ2n) is 7.21. The molecule has 1 aliphatic rings. The smallest absolute Gasteiger partial charge is 0.255 e. The topological polar surface area (TPSA) is 58.6 Å². The Labute approximate surface area is 177 Å². The Bertz CT molecular complexity index is 815. The van der Waals surface area contributed by atoms with Crippen LogP contribution in [0.4, 0.5) is 5.69 Å². The molecule has 1 saturated heterocycles. The van der Waals surface area contributed by atoms with Crippen LogP contribution in [0.2, 0.25) is 5.02 Å². The zero-order chi connectivity index (χ0) is 20.5. The minimum absolute atomic E-state index is 0.00567. The second-order valence-corrected chi connectivity index (χ2v) is 7.64. The van der Waals surface area contributed by atoms with Crippen LogP contribution in [0.5, 0.6) is 5.75 Å². The van der Waals surface area contributed by atoms with E-state index in [9.17, 15) is 9.59 Å². The van der Waals surface area contributed by atoms with Gasteiger partial charge in [-0.05, 0) is 55.7 Å². The summed E-state index contributed by atoms with van der Waals surface area (Å²) in [5.74, 6) is 0.595. The molecule has 1 aliphatic heterocycles. The van der Waals surface area contributed by atoms with Crippen molar-refractivity contribution in [3.05, 3.63) is 59.1 Å². The number of ether oxygens (including phenoxy) is 1. The lowest BCUT2D eigenvalue weighted by Gasteiger charge is -2.22. The predicted molar refractivity (Wildman–Crippen MR) is 116 cm³/mol. The molecule has 1 N–H and O–H groups in total. The number of hydrogen-bond donors (Lipinski definition) is 1. The highest BCUT2D eigenvalue weighted by Gasteiger charge is 2.20. The first-order chi connectivity index (χ1) is 14.1. The van der Waals surface area contributed by atoms with E-state index >= 15 is 0 Å². The second kappa shape index (κ2) is 10.9. The van der Waals surface area contributed by atoms with Crippen LogP contribution in [0.3, 0.4) is 0 Å². The number of carbonyl (C=O) groups excluding carboxylic acids is 2. The summed E-state index contributed by atoms with van der Waals surface area (Å²) in [7, 11) is 0. The number of nitrogens with zero attached hydrogens (tertiary/aromatic N) is 1. The van der Waals surface area contributed by atoms with Gasteiger partial charge in [0.05, 0.1) is 17.9 Å². The van der Waals surface area contributed by atoms with Crippen LogP contribution < -0.4 is 10.1 Å². The Morgan fingerprint density at radius 1 is 0.966 bits per heavy atom. The van der Waals surface area contributed by atoms with E-state index in [2.05, 4.69) is 5.32 Å². The Morgan fingerprint density at radius 2 is 1.66 bits per heavy atom. The Balaban J connectivity index is 1.51. The van der Waals surface area contributed by atoms with E-state index in [0.29, 0.717) is 35.7 Å². The molecule has 6 heteroatoms. The SMILES string of the molecule is O=C(CCCOc1ccc(Cl)cc1)Nc1ccccc1C(=O)N1CCCCCC1. The third kappa shape index (κ3) is 6.50. The highest BCUT2D eigenvalue weighted by molar-refractivity contribution is 6.30. The Morgan fingerprint density at radius 3 is 2.38 bits per heavy atom. The molecule has 0 unspecified atom stereocenters. The fraction of sp³-hybridized carbons (Fsp3) is 0.391. The number of halogens is 1. The summed E-state index contributed by atoms with van der Waals surface area (Å²) in [5.41, 5.74) is 1.13. The van der Waals surface area contributed by atoms with Crippen molar-refractivity contribution in [2.24, 2.45) is 0 Å². The first-order valence-electron chi connectivity index (χ1n) is 10.2. The minimum atomic E-state index is -0.124. The van der Waals surface area contributed by atoms with Crippen LogP contribution in [-0.2, 0) is 4.79 Å². The molecule has 1 fully saturated rings. The number of anilines is 1. The number of rotatable bonds is 7. The normalized spacial score (nSPS) is 14.2. The van der Waals surface area contributed by atoms with Gasteiger partial charge in [-0.1, -0.05) is 36.6 Å².